The summed E-state index contributed by atoms with van der Waals surface area (Å²) in [4.78, 5) is 0. The van der Waals surface area contributed by atoms with Gasteiger partial charge >= 0.3 is 0 Å². The minimum absolute atomic E-state index is 0.0556. The molecule has 0 aliphatic carbocycles. The number of primary sulfonamides is 1. The van der Waals surface area contributed by atoms with Gasteiger partial charge in [0.15, 0.2) is 5.03 Å². The normalized spacial score (nSPS) is 11.8. The molecule has 0 amide bonds. The molecule has 2 N–H and O–H groups in total. The Morgan fingerprint density at radius 1 is 1.73 bits per heavy atom. The molecule has 0 aromatic carbocycles. The van der Waals surface area contributed by atoms with Gasteiger partial charge in [0, 0.05) is 6.54 Å². The lowest BCUT2D eigenvalue weighted by atomic mass is 10.7. The van der Waals surface area contributed by atoms with E-state index >= 15 is 0 Å². The summed E-state index contributed by atoms with van der Waals surface area (Å²) in [5.74, 6) is 0. The van der Waals surface area contributed by atoms with Crippen molar-refractivity contribution in [1.82, 2.24) is 15.0 Å². The number of hydrogen-bond donors (Lipinski definition) is 1. The van der Waals surface area contributed by atoms with Crippen LogP contribution in [0.4, 0.5) is 0 Å². The Bertz CT molecular complexity index is 341. The summed E-state index contributed by atoms with van der Waals surface area (Å²) in [5, 5.41) is 11.7. The van der Waals surface area contributed by atoms with Crippen molar-refractivity contribution >= 4 is 10.0 Å². The van der Waals surface area contributed by atoms with Crippen LogP contribution >= 0.6 is 0 Å². The first kappa shape index (κ1) is 8.15. The molecule has 0 unspecified atom stereocenters. The summed E-state index contributed by atoms with van der Waals surface area (Å²) in [6.07, 6.45) is 1.12. The molecule has 6 nitrogen and oxygen atoms in total. The largest absolute Gasteiger partial charge is 0.256 e. The summed E-state index contributed by atoms with van der Waals surface area (Å²) in [6, 6.07) is 0. The number of sulfonamides is 1. The minimum Gasteiger partial charge on any atom is -0.233 e. The van der Waals surface area contributed by atoms with Gasteiger partial charge in [-0.15, -0.1) is 5.10 Å². The summed E-state index contributed by atoms with van der Waals surface area (Å²) in [6.45, 7) is 2.19. The Labute approximate surface area is 64.1 Å². The summed E-state index contributed by atoms with van der Waals surface area (Å²) in [5.41, 5.74) is 0. The van der Waals surface area contributed by atoms with Gasteiger partial charge in [-0.2, -0.15) is 0 Å². The van der Waals surface area contributed by atoms with Crippen molar-refractivity contribution in [1.29, 1.82) is 0 Å². The van der Waals surface area contributed by atoms with E-state index in [4.69, 9.17) is 5.14 Å². The van der Waals surface area contributed by atoms with E-state index in [0.717, 1.165) is 6.20 Å². The third kappa shape index (κ3) is 1.55. The van der Waals surface area contributed by atoms with Crippen molar-refractivity contribution in [3.05, 3.63) is 6.20 Å². The van der Waals surface area contributed by atoms with E-state index in [-0.39, 0.29) is 5.03 Å². The maximum atomic E-state index is 10.8. The number of rotatable bonds is 2. The summed E-state index contributed by atoms with van der Waals surface area (Å²) >= 11 is 0. The fourth-order valence-corrected chi connectivity index (χ4v) is 1.34. The fourth-order valence-electron chi connectivity index (χ4n) is 0.688. The lowest BCUT2D eigenvalue weighted by Crippen LogP contribution is -2.17. The molecule has 11 heavy (non-hydrogen) atoms. The number of aryl methyl sites for hydroxylation is 1. The predicted molar refractivity (Wildman–Crippen MR) is 37.1 cm³/mol. The highest BCUT2D eigenvalue weighted by atomic mass is 32.2. The average molecular weight is 176 g/mol. The summed E-state index contributed by atoms with van der Waals surface area (Å²) < 4.78 is 22.7. The molecule has 0 fully saturated rings. The van der Waals surface area contributed by atoms with Gasteiger partial charge in [-0.1, -0.05) is 5.21 Å². The molecule has 0 spiro atoms. The number of aromatic nitrogens is 3. The molecular formula is C4H8N4O2S. The molecule has 62 valence electrons. The fraction of sp³-hybridized carbons (Fsp3) is 0.500. The van der Waals surface area contributed by atoms with Crippen molar-refractivity contribution in [2.24, 2.45) is 5.14 Å². The molecule has 1 heterocycles. The third-order valence-electron chi connectivity index (χ3n) is 1.17. The van der Waals surface area contributed by atoms with Crippen molar-refractivity contribution in [2.45, 2.75) is 18.5 Å². The Morgan fingerprint density at radius 2 is 2.36 bits per heavy atom. The van der Waals surface area contributed by atoms with Crippen LogP contribution in [0.15, 0.2) is 11.2 Å². The average Bonchev–Trinajstić information content (AvgIpc) is 2.31. The van der Waals surface area contributed by atoms with Gasteiger partial charge in [0.25, 0.3) is 10.0 Å². The molecule has 1 aromatic heterocycles. The molecule has 0 bridgehead atoms. The molecule has 0 aliphatic heterocycles. The number of nitrogens with two attached hydrogens (primary N) is 1. The van der Waals surface area contributed by atoms with E-state index in [1.807, 2.05) is 0 Å². The molecule has 1 rings (SSSR count). The van der Waals surface area contributed by atoms with Gasteiger partial charge in [-0.05, 0) is 6.92 Å². The molecule has 0 aliphatic rings. The van der Waals surface area contributed by atoms with E-state index in [9.17, 15) is 8.42 Å². The van der Waals surface area contributed by atoms with Gasteiger partial charge < -0.3 is 0 Å². The maximum absolute atomic E-state index is 10.8. The van der Waals surface area contributed by atoms with E-state index in [1.54, 1.807) is 6.92 Å². The minimum atomic E-state index is -3.66. The topological polar surface area (TPSA) is 90.9 Å². The van der Waals surface area contributed by atoms with Crippen molar-refractivity contribution in [3.8, 4) is 0 Å². The highest BCUT2D eigenvalue weighted by Crippen LogP contribution is 2.01. The van der Waals surface area contributed by atoms with Crippen LogP contribution in [0, 0.1) is 0 Å². The van der Waals surface area contributed by atoms with Crippen LogP contribution in [0.3, 0.4) is 0 Å². The van der Waals surface area contributed by atoms with Crippen LogP contribution in [-0.2, 0) is 16.6 Å². The zero-order valence-electron chi connectivity index (χ0n) is 5.93. The lowest BCUT2D eigenvalue weighted by molar-refractivity contribution is 0.547. The van der Waals surface area contributed by atoms with Crippen molar-refractivity contribution in [3.63, 3.8) is 0 Å². The second kappa shape index (κ2) is 2.59. The van der Waals surface area contributed by atoms with Gasteiger partial charge in [0.2, 0.25) is 0 Å². The standard InChI is InChI=1S/C4H8N4O2S/c1-2-8-4(3-6-7-8)11(5,9)10/h3H,2H2,1H3,(H2,5,9,10). The quantitative estimate of drug-likeness (QED) is 0.622. The second-order valence-corrected chi connectivity index (χ2v) is 3.44. The van der Waals surface area contributed by atoms with Crippen LogP contribution in [0.5, 0.6) is 0 Å². The third-order valence-corrected chi connectivity index (χ3v) is 2.07. The second-order valence-electron chi connectivity index (χ2n) is 1.93. The first-order chi connectivity index (χ1) is 5.05. The van der Waals surface area contributed by atoms with E-state index in [2.05, 4.69) is 10.3 Å². The molecule has 0 radical (unpaired) electrons. The van der Waals surface area contributed by atoms with Crippen LogP contribution in [0.2, 0.25) is 0 Å². The first-order valence-corrected chi connectivity index (χ1v) is 4.51. The molecule has 1 aromatic rings. The Hall–Kier alpha value is -0.950. The van der Waals surface area contributed by atoms with Gasteiger partial charge in [0.1, 0.15) is 0 Å². The SMILES string of the molecule is CCn1nncc1S(N)(=O)=O. The molecular weight excluding hydrogens is 168 g/mol. The van der Waals surface area contributed by atoms with Crippen LogP contribution < -0.4 is 5.14 Å². The van der Waals surface area contributed by atoms with Crippen LogP contribution in [-0.4, -0.2) is 23.4 Å². The molecule has 7 heteroatoms. The molecule has 0 saturated carbocycles. The van der Waals surface area contributed by atoms with Crippen molar-refractivity contribution in [2.75, 3.05) is 0 Å². The zero-order valence-corrected chi connectivity index (χ0v) is 6.74. The van der Waals surface area contributed by atoms with E-state index in [1.165, 1.54) is 4.68 Å². The van der Waals surface area contributed by atoms with Crippen molar-refractivity contribution < 1.29 is 8.42 Å². The molecule has 0 saturated heterocycles. The van der Waals surface area contributed by atoms with Crippen LogP contribution in [0.25, 0.3) is 0 Å². The van der Waals surface area contributed by atoms with Crippen LogP contribution in [0.1, 0.15) is 6.92 Å². The molecule has 0 atom stereocenters. The monoisotopic (exact) mass is 176 g/mol. The highest BCUT2D eigenvalue weighted by Gasteiger charge is 2.13. The Balaban J connectivity index is 3.24. The Morgan fingerprint density at radius 3 is 2.73 bits per heavy atom. The van der Waals surface area contributed by atoms with E-state index < -0.39 is 10.0 Å². The Kier molecular flexibility index (Phi) is 1.92. The van der Waals surface area contributed by atoms with Gasteiger partial charge in [-0.25, -0.2) is 18.2 Å². The zero-order chi connectivity index (χ0) is 8.48. The lowest BCUT2D eigenvalue weighted by Gasteiger charge is -1.97. The first-order valence-electron chi connectivity index (χ1n) is 2.97. The summed E-state index contributed by atoms with van der Waals surface area (Å²) in [7, 11) is -3.66. The van der Waals surface area contributed by atoms with Gasteiger partial charge in [0.05, 0.1) is 6.20 Å². The van der Waals surface area contributed by atoms with E-state index in [0.29, 0.717) is 6.54 Å². The van der Waals surface area contributed by atoms with Gasteiger partial charge in [-0.3, -0.25) is 0 Å². The highest BCUT2D eigenvalue weighted by molar-refractivity contribution is 7.89. The smallest absolute Gasteiger partial charge is 0.233 e. The number of hydrogen-bond acceptors (Lipinski definition) is 4. The predicted octanol–water partition coefficient (Wildman–Crippen LogP) is -1.05. The number of nitrogens with zero attached hydrogens (tertiary/aromatic N) is 3. The maximum Gasteiger partial charge on any atom is 0.256 e.